The van der Waals surface area contributed by atoms with Gasteiger partial charge in [-0.1, -0.05) is 0 Å². The third-order valence-corrected chi connectivity index (χ3v) is 3.68. The maximum absolute atomic E-state index is 11.9. The van der Waals surface area contributed by atoms with Gasteiger partial charge in [-0.15, -0.1) is 0 Å². The first-order valence-electron chi connectivity index (χ1n) is 8.22. The van der Waals surface area contributed by atoms with Gasteiger partial charge in [-0.25, -0.2) is 9.59 Å². The first-order chi connectivity index (χ1) is 11.5. The molecule has 0 amide bonds. The molecule has 1 heterocycles. The molecule has 0 saturated carbocycles. The quantitative estimate of drug-likeness (QED) is 0.311. The van der Waals surface area contributed by atoms with Crippen molar-refractivity contribution < 1.29 is 38.8 Å². The number of carboxylic acids is 2. The Hall–Kier alpha value is -1.11. The average molecular weight is 369 g/mol. The van der Waals surface area contributed by atoms with Gasteiger partial charge in [0.2, 0.25) is 0 Å². The third-order valence-electron chi connectivity index (χ3n) is 3.68. The molecular weight excluding hydrogens is 341 g/mol. The minimum absolute atomic E-state index is 0. The number of ether oxygens (including phenoxy) is 3. The van der Waals surface area contributed by atoms with E-state index in [1.54, 1.807) is 20.8 Å². The van der Waals surface area contributed by atoms with Crippen molar-refractivity contribution in [2.24, 2.45) is 5.73 Å². The van der Waals surface area contributed by atoms with Crippen LogP contribution in [0.15, 0.2) is 0 Å². The summed E-state index contributed by atoms with van der Waals surface area (Å²) >= 11 is 0. The van der Waals surface area contributed by atoms with Crippen molar-refractivity contribution in [3.8, 4) is 0 Å². The van der Waals surface area contributed by atoms with Gasteiger partial charge < -0.3 is 30.2 Å². The molecule has 0 bridgehead atoms. The second-order valence-electron chi connectivity index (χ2n) is 7.03. The summed E-state index contributed by atoms with van der Waals surface area (Å²) in [6.45, 7) is 5.37. The first kappa shape index (κ1) is 24.9. The number of rotatable bonds is 8. The molecule has 9 nitrogen and oxygen atoms in total. The Morgan fingerprint density at radius 2 is 1.77 bits per heavy atom. The van der Waals surface area contributed by atoms with Gasteiger partial charge in [-0.05, 0) is 46.5 Å². The molecule has 0 aliphatic carbocycles. The van der Waals surface area contributed by atoms with Gasteiger partial charge in [0.05, 0.1) is 0 Å². The molecule has 1 aliphatic rings. The Labute approximate surface area is 164 Å². The van der Waals surface area contributed by atoms with Crippen molar-refractivity contribution >= 4 is 36.8 Å². The third kappa shape index (κ3) is 7.25. The molecule has 1 rings (SSSR count). The Kier molecular flexibility index (Phi) is 9.84. The first-order valence-corrected chi connectivity index (χ1v) is 8.22. The van der Waals surface area contributed by atoms with E-state index in [1.807, 2.05) is 0 Å². The molecule has 0 aromatic carbocycles. The van der Waals surface area contributed by atoms with Crippen LogP contribution in [0.2, 0.25) is 0 Å². The molecule has 2 unspecified atom stereocenters. The Morgan fingerprint density at radius 1 is 1.19 bits per heavy atom. The van der Waals surface area contributed by atoms with E-state index in [-0.39, 0.29) is 25.3 Å². The molecule has 0 aromatic heterocycles. The van der Waals surface area contributed by atoms with Crippen molar-refractivity contribution in [2.45, 2.75) is 76.4 Å². The van der Waals surface area contributed by atoms with Crippen LogP contribution in [-0.4, -0.2) is 77.1 Å². The van der Waals surface area contributed by atoms with Crippen LogP contribution in [-0.2, 0) is 28.6 Å². The van der Waals surface area contributed by atoms with Crippen LogP contribution in [0.4, 0.5) is 0 Å². The van der Waals surface area contributed by atoms with Crippen molar-refractivity contribution in [1.29, 1.82) is 0 Å². The predicted molar refractivity (Wildman–Crippen MR) is 92.9 cm³/mol. The van der Waals surface area contributed by atoms with Crippen molar-refractivity contribution in [1.82, 2.24) is 0 Å². The molecule has 26 heavy (non-hydrogen) atoms. The number of esters is 1. The molecular formula is C16H28LiNO8. The molecule has 1 fully saturated rings. The van der Waals surface area contributed by atoms with Crippen molar-refractivity contribution in [2.75, 3.05) is 6.61 Å². The van der Waals surface area contributed by atoms with Crippen LogP contribution in [0.3, 0.4) is 0 Å². The summed E-state index contributed by atoms with van der Waals surface area (Å²) in [7, 11) is 0. The van der Waals surface area contributed by atoms with Crippen molar-refractivity contribution in [3.05, 3.63) is 0 Å². The summed E-state index contributed by atoms with van der Waals surface area (Å²) in [4.78, 5) is 35.2. The number of hydrogen-bond donors (Lipinski definition) is 3. The minimum atomic E-state index is -2.53. The normalized spacial score (nSPS) is 19.2. The summed E-state index contributed by atoms with van der Waals surface area (Å²) in [6.07, 6.45) is 0.325. The van der Waals surface area contributed by atoms with E-state index in [9.17, 15) is 24.6 Å². The van der Waals surface area contributed by atoms with Gasteiger partial charge in [-0.2, -0.15) is 0 Å². The van der Waals surface area contributed by atoms with Crippen LogP contribution in [0.5, 0.6) is 0 Å². The zero-order valence-corrected chi connectivity index (χ0v) is 14.8. The Morgan fingerprint density at radius 3 is 2.19 bits per heavy atom. The van der Waals surface area contributed by atoms with Gasteiger partial charge in [0.15, 0.2) is 6.29 Å². The summed E-state index contributed by atoms with van der Waals surface area (Å²) in [6, 6.07) is -1.16. The molecule has 1 aliphatic heterocycles. The molecule has 1 saturated heterocycles. The van der Waals surface area contributed by atoms with Crippen LogP contribution >= 0.6 is 0 Å². The van der Waals surface area contributed by atoms with Gasteiger partial charge >= 0.3 is 36.8 Å². The average Bonchev–Trinajstić information content (AvgIpc) is 2.49. The number of carboxylic acid groups (broad SMARTS) is 2. The van der Waals surface area contributed by atoms with E-state index < -0.39 is 47.9 Å². The molecule has 4 N–H and O–H groups in total. The second-order valence-corrected chi connectivity index (χ2v) is 7.03. The maximum atomic E-state index is 11.9. The number of carbonyl (C=O) groups is 3. The fourth-order valence-electron chi connectivity index (χ4n) is 2.35. The Bertz CT molecular complexity index is 485. The fraction of sp³-hybridized carbons (Fsp3) is 0.812. The van der Waals surface area contributed by atoms with Gasteiger partial charge in [-0.3, -0.25) is 4.79 Å². The zero-order chi connectivity index (χ0) is 19.3. The Balaban J connectivity index is 0.00000625. The summed E-state index contributed by atoms with van der Waals surface area (Å²) in [5.74, 6) is -4.05. The number of nitrogens with two attached hydrogens (primary N) is 1. The standard InChI is InChI=1S/C16H27NO8.Li.H/c1-15(2,3)25-12(18)10(17)7-8-16(13(19)20,14(21)22)24-11-6-4-5-9-23-11;;/h10-11H,4-9,17H2,1-3H3,(H,19,20)(H,21,22);;. The van der Waals surface area contributed by atoms with E-state index in [4.69, 9.17) is 19.9 Å². The van der Waals surface area contributed by atoms with Crippen LogP contribution < -0.4 is 5.73 Å². The summed E-state index contributed by atoms with van der Waals surface area (Å²) in [5.41, 5.74) is 2.44. The van der Waals surface area contributed by atoms with E-state index in [2.05, 4.69) is 0 Å². The molecule has 2 atom stereocenters. The molecule has 0 aromatic rings. The monoisotopic (exact) mass is 369 g/mol. The van der Waals surface area contributed by atoms with Gasteiger partial charge in [0.1, 0.15) is 11.6 Å². The SMILES string of the molecule is CC(C)(C)OC(=O)C(N)CCC(OC1CCCCO1)(C(=O)O)C(=O)O.[LiH]. The van der Waals surface area contributed by atoms with Crippen LogP contribution in [0.1, 0.15) is 52.9 Å². The molecule has 0 radical (unpaired) electrons. The van der Waals surface area contributed by atoms with Crippen molar-refractivity contribution in [3.63, 3.8) is 0 Å². The van der Waals surface area contributed by atoms with E-state index in [1.165, 1.54) is 0 Å². The topological polar surface area (TPSA) is 145 Å². The number of carbonyl (C=O) groups excluding carboxylic acids is 1. The van der Waals surface area contributed by atoms with Crippen LogP contribution in [0, 0.1) is 0 Å². The van der Waals surface area contributed by atoms with E-state index >= 15 is 0 Å². The zero-order valence-electron chi connectivity index (χ0n) is 14.8. The number of hydrogen-bond acceptors (Lipinski definition) is 7. The molecule has 0 spiro atoms. The fourth-order valence-corrected chi connectivity index (χ4v) is 2.35. The van der Waals surface area contributed by atoms with Gasteiger partial charge in [0, 0.05) is 13.0 Å². The molecule has 10 heteroatoms. The molecule has 146 valence electrons. The predicted octanol–water partition coefficient (Wildman–Crippen LogP) is 0.238. The second kappa shape index (κ2) is 10.3. The van der Waals surface area contributed by atoms with Crippen LogP contribution in [0.25, 0.3) is 0 Å². The summed E-state index contributed by atoms with van der Waals surface area (Å²) in [5, 5.41) is 18.9. The van der Waals surface area contributed by atoms with E-state index in [0.717, 1.165) is 12.8 Å². The van der Waals surface area contributed by atoms with Gasteiger partial charge in [0.25, 0.3) is 5.60 Å². The van der Waals surface area contributed by atoms with E-state index in [0.29, 0.717) is 13.0 Å². The summed E-state index contributed by atoms with van der Waals surface area (Å²) < 4.78 is 15.7. The number of aliphatic carboxylic acids is 2.